The average Bonchev–Trinajstić information content (AvgIpc) is 2.01. The maximum absolute atomic E-state index is 10.7. The van der Waals surface area contributed by atoms with Crippen LogP contribution in [0.5, 0.6) is 0 Å². The predicted molar refractivity (Wildman–Crippen MR) is 40.7 cm³/mol. The summed E-state index contributed by atoms with van der Waals surface area (Å²) in [6.45, 7) is 2.34. The second-order valence-electron chi connectivity index (χ2n) is 2.38. The highest BCUT2D eigenvalue weighted by atomic mass is 16.5. The van der Waals surface area contributed by atoms with Crippen molar-refractivity contribution >= 4 is 5.97 Å². The Hall–Kier alpha value is -0.570. The molecule has 11 heavy (non-hydrogen) atoms. The van der Waals surface area contributed by atoms with Crippen molar-refractivity contribution in [3.8, 4) is 0 Å². The van der Waals surface area contributed by atoms with Crippen LogP contribution in [0.3, 0.4) is 0 Å². The lowest BCUT2D eigenvalue weighted by Crippen LogP contribution is -2.05. The summed E-state index contributed by atoms with van der Waals surface area (Å²) < 4.78 is 4.81. The van der Waals surface area contributed by atoms with E-state index in [2.05, 4.69) is 0 Å². The van der Waals surface area contributed by atoms with Crippen molar-refractivity contribution in [3.05, 3.63) is 0 Å². The van der Waals surface area contributed by atoms with Crippen LogP contribution in [0.15, 0.2) is 0 Å². The largest absolute Gasteiger partial charge is 0.466 e. The summed E-state index contributed by atoms with van der Waals surface area (Å²) in [6, 6.07) is 0. The number of hydrogen-bond acceptors (Lipinski definition) is 2. The summed E-state index contributed by atoms with van der Waals surface area (Å²) >= 11 is 0. The van der Waals surface area contributed by atoms with Gasteiger partial charge in [0.25, 0.3) is 0 Å². The molecule has 0 aliphatic carbocycles. The molecular formula is C8H15O3. The van der Waals surface area contributed by atoms with Gasteiger partial charge < -0.3 is 4.74 Å². The van der Waals surface area contributed by atoms with Gasteiger partial charge in [0.15, 0.2) is 0 Å². The minimum atomic E-state index is -0.241. The number of hydrogen-bond donors (Lipinski definition) is 0. The summed E-state index contributed by atoms with van der Waals surface area (Å²) in [4.78, 5) is 10.7. The van der Waals surface area contributed by atoms with E-state index in [1.165, 1.54) is 0 Å². The summed E-state index contributed by atoms with van der Waals surface area (Å²) in [6.07, 6.45) is 2.59. The van der Waals surface area contributed by atoms with Gasteiger partial charge in [-0.25, -0.2) is 5.11 Å². The van der Waals surface area contributed by atoms with Crippen molar-refractivity contribution in [2.75, 3.05) is 13.2 Å². The highest BCUT2D eigenvalue weighted by molar-refractivity contribution is 5.69. The first-order valence-corrected chi connectivity index (χ1v) is 4.05. The Bertz CT molecular complexity index is 102. The third-order valence-electron chi connectivity index (χ3n) is 1.29. The number of carbonyl (C=O) groups is 1. The molecule has 3 heteroatoms. The summed E-state index contributed by atoms with van der Waals surface area (Å²) in [5.74, 6) is -0.241. The molecule has 65 valence electrons. The number of ether oxygens (including phenoxy) is 1. The van der Waals surface area contributed by atoms with E-state index in [1.807, 2.05) is 6.92 Å². The van der Waals surface area contributed by atoms with E-state index in [0.717, 1.165) is 12.8 Å². The molecule has 0 aromatic rings. The van der Waals surface area contributed by atoms with E-state index < -0.39 is 0 Å². The van der Waals surface area contributed by atoms with Crippen molar-refractivity contribution < 1.29 is 14.6 Å². The fraction of sp³-hybridized carbons (Fsp3) is 0.875. The summed E-state index contributed by atoms with van der Waals surface area (Å²) in [7, 11) is 0. The lowest BCUT2D eigenvalue weighted by Gasteiger charge is -2.01. The topological polar surface area (TPSA) is 46.2 Å². The van der Waals surface area contributed by atoms with Gasteiger partial charge >= 0.3 is 5.97 Å². The molecule has 0 spiro atoms. The van der Waals surface area contributed by atoms with Crippen LogP contribution < -0.4 is 0 Å². The Morgan fingerprint density at radius 3 is 2.64 bits per heavy atom. The van der Waals surface area contributed by atoms with Gasteiger partial charge in [0.1, 0.15) is 0 Å². The third kappa shape index (κ3) is 7.33. The molecule has 0 saturated heterocycles. The molecule has 0 N–H and O–H groups in total. The van der Waals surface area contributed by atoms with E-state index in [-0.39, 0.29) is 19.0 Å². The molecule has 0 heterocycles. The van der Waals surface area contributed by atoms with Crippen LogP contribution in [0.4, 0.5) is 0 Å². The molecule has 0 aromatic carbocycles. The first-order chi connectivity index (χ1) is 5.31. The van der Waals surface area contributed by atoms with Crippen molar-refractivity contribution in [2.24, 2.45) is 0 Å². The van der Waals surface area contributed by atoms with Crippen molar-refractivity contribution in [2.45, 2.75) is 32.6 Å². The second-order valence-corrected chi connectivity index (χ2v) is 2.38. The number of carbonyl (C=O) groups excluding carboxylic acids is 1. The van der Waals surface area contributed by atoms with E-state index in [1.54, 1.807) is 0 Å². The Kier molecular flexibility index (Phi) is 7.15. The van der Waals surface area contributed by atoms with E-state index >= 15 is 0 Å². The van der Waals surface area contributed by atoms with E-state index in [4.69, 9.17) is 4.74 Å². The Morgan fingerprint density at radius 2 is 2.09 bits per heavy atom. The number of esters is 1. The molecule has 0 saturated carbocycles. The van der Waals surface area contributed by atoms with Gasteiger partial charge in [-0.2, -0.15) is 0 Å². The van der Waals surface area contributed by atoms with Crippen LogP contribution in [0.25, 0.3) is 0 Å². The van der Waals surface area contributed by atoms with Crippen LogP contribution in [0.2, 0.25) is 0 Å². The zero-order valence-electron chi connectivity index (χ0n) is 6.97. The average molecular weight is 159 g/mol. The smallest absolute Gasteiger partial charge is 0.305 e. The zero-order valence-corrected chi connectivity index (χ0v) is 6.97. The van der Waals surface area contributed by atoms with E-state index in [9.17, 15) is 9.90 Å². The predicted octanol–water partition coefficient (Wildman–Crippen LogP) is 1.54. The molecule has 0 unspecified atom stereocenters. The fourth-order valence-corrected chi connectivity index (χ4v) is 0.619. The molecule has 0 aliphatic rings. The van der Waals surface area contributed by atoms with Crippen LogP contribution >= 0.6 is 0 Å². The van der Waals surface area contributed by atoms with Crippen LogP contribution in [-0.2, 0) is 14.6 Å². The highest BCUT2D eigenvalue weighted by Crippen LogP contribution is 1.94. The van der Waals surface area contributed by atoms with Crippen LogP contribution in [0.1, 0.15) is 32.6 Å². The number of rotatable bonds is 6. The summed E-state index contributed by atoms with van der Waals surface area (Å²) in [5, 5.41) is 9.96. The molecule has 0 aromatic heterocycles. The minimum absolute atomic E-state index is 0.192. The third-order valence-corrected chi connectivity index (χ3v) is 1.29. The molecule has 0 atom stereocenters. The van der Waals surface area contributed by atoms with Gasteiger partial charge in [-0.3, -0.25) is 4.79 Å². The lowest BCUT2D eigenvalue weighted by molar-refractivity contribution is -0.144. The number of unbranched alkanes of at least 4 members (excludes halogenated alkanes) is 1. The van der Waals surface area contributed by atoms with Crippen LogP contribution in [0, 0.1) is 0 Å². The van der Waals surface area contributed by atoms with Gasteiger partial charge in [0, 0.05) is 6.42 Å². The van der Waals surface area contributed by atoms with Gasteiger partial charge in [-0.05, 0) is 12.8 Å². The quantitative estimate of drug-likeness (QED) is 0.436. The molecule has 1 radical (unpaired) electrons. The van der Waals surface area contributed by atoms with Crippen LogP contribution in [-0.4, -0.2) is 19.2 Å². The van der Waals surface area contributed by atoms with Gasteiger partial charge in [-0.15, -0.1) is 0 Å². The molecule has 3 nitrogen and oxygen atoms in total. The Morgan fingerprint density at radius 1 is 1.36 bits per heavy atom. The Labute approximate surface area is 67.4 Å². The van der Waals surface area contributed by atoms with Gasteiger partial charge in [-0.1, -0.05) is 13.3 Å². The Balaban J connectivity index is 3.09. The molecule has 0 aliphatic heterocycles. The lowest BCUT2D eigenvalue weighted by atomic mass is 10.3. The van der Waals surface area contributed by atoms with Crippen molar-refractivity contribution in [3.63, 3.8) is 0 Å². The maximum Gasteiger partial charge on any atom is 0.305 e. The monoisotopic (exact) mass is 159 g/mol. The first-order valence-electron chi connectivity index (χ1n) is 4.05. The molecular weight excluding hydrogens is 144 g/mol. The molecule has 0 fully saturated rings. The SMILES string of the molecule is CCCCOC(=O)CCC[O]. The normalized spacial score (nSPS) is 9.64. The second kappa shape index (κ2) is 7.54. The summed E-state index contributed by atoms with van der Waals surface area (Å²) in [5.41, 5.74) is 0. The van der Waals surface area contributed by atoms with Crippen molar-refractivity contribution in [1.82, 2.24) is 0 Å². The molecule has 0 rings (SSSR count). The highest BCUT2D eigenvalue weighted by Gasteiger charge is 2.00. The van der Waals surface area contributed by atoms with Crippen molar-refractivity contribution in [1.29, 1.82) is 0 Å². The van der Waals surface area contributed by atoms with Gasteiger partial charge in [0.2, 0.25) is 0 Å². The fourth-order valence-electron chi connectivity index (χ4n) is 0.619. The standard InChI is InChI=1S/C8H15O3/c1-2-3-7-11-8(10)5-4-6-9/h2-7H2,1H3. The molecule has 0 amide bonds. The maximum atomic E-state index is 10.7. The molecule has 0 bridgehead atoms. The first kappa shape index (κ1) is 10.4. The minimum Gasteiger partial charge on any atom is -0.466 e. The van der Waals surface area contributed by atoms with Gasteiger partial charge in [0.05, 0.1) is 13.2 Å². The van der Waals surface area contributed by atoms with E-state index in [0.29, 0.717) is 13.0 Å². The zero-order chi connectivity index (χ0) is 8.53.